The highest BCUT2D eigenvalue weighted by molar-refractivity contribution is 5.85. The second-order valence-corrected chi connectivity index (χ2v) is 3.87. The number of nitrogens with two attached hydrogens (primary N) is 1. The molecule has 0 spiro atoms. The summed E-state index contributed by atoms with van der Waals surface area (Å²) >= 11 is 0. The predicted octanol–water partition coefficient (Wildman–Crippen LogP) is 1.19. The summed E-state index contributed by atoms with van der Waals surface area (Å²) in [5.74, 6) is 0. The van der Waals surface area contributed by atoms with Gasteiger partial charge in [-0.2, -0.15) is 0 Å². The van der Waals surface area contributed by atoms with Gasteiger partial charge >= 0.3 is 0 Å². The Kier molecular flexibility index (Phi) is 6.34. The highest BCUT2D eigenvalue weighted by atomic mass is 35.5. The van der Waals surface area contributed by atoms with Gasteiger partial charge in [-0.25, -0.2) is 0 Å². The molecule has 1 aromatic rings. The van der Waals surface area contributed by atoms with Crippen molar-refractivity contribution in [2.24, 2.45) is 5.73 Å². The normalized spacial score (nSPS) is 15.5. The third-order valence-corrected chi connectivity index (χ3v) is 2.58. The molecule has 0 aliphatic rings. The number of halogens is 1. The van der Waals surface area contributed by atoms with Gasteiger partial charge < -0.3 is 10.2 Å². The lowest BCUT2D eigenvalue weighted by Gasteiger charge is -2.29. The number of benzene rings is 1. The van der Waals surface area contributed by atoms with Crippen LogP contribution >= 0.6 is 12.4 Å². The zero-order valence-electron chi connectivity index (χ0n) is 9.67. The number of carbonyl (C=O) groups excluding carboxylic acids is 1. The summed E-state index contributed by atoms with van der Waals surface area (Å²) in [6, 6.07) is 6.20. The summed E-state index contributed by atoms with van der Waals surface area (Å²) in [5.41, 5.74) is 4.82. The highest BCUT2D eigenvalue weighted by Crippen LogP contribution is 2.22. The molecule has 0 aromatic heterocycles. The third-order valence-electron chi connectivity index (χ3n) is 2.58. The topological polar surface area (TPSA) is 83.6 Å². The van der Waals surface area contributed by atoms with Crippen LogP contribution in [0.3, 0.4) is 0 Å². The van der Waals surface area contributed by atoms with Crippen molar-refractivity contribution >= 4 is 18.7 Å². The van der Waals surface area contributed by atoms with Crippen LogP contribution in [-0.4, -0.2) is 22.6 Å². The molecule has 17 heavy (non-hydrogen) atoms. The van der Waals surface area contributed by atoms with E-state index in [9.17, 15) is 15.0 Å². The molecule has 0 unspecified atom stereocenters. The lowest BCUT2D eigenvalue weighted by molar-refractivity contribution is -0.0797. The van der Waals surface area contributed by atoms with Crippen LogP contribution in [0.5, 0.6) is 0 Å². The SMILES string of the molecule is CCC[C@H](O)[C@@](N)(O)c1ccc(C=O)cc1.Cl. The first-order chi connectivity index (χ1) is 7.52. The Hall–Kier alpha value is -0.940. The standard InChI is InChI=1S/C12H17NO3.ClH/c1-2-3-11(15)12(13,16)10-6-4-9(8-14)5-7-10;/h4-8,11,15-16H,2-3,13H2,1H3;1H/t11-,12-;/m0./s1. The van der Waals surface area contributed by atoms with Crippen LogP contribution in [0, 0.1) is 0 Å². The Morgan fingerprint density at radius 2 is 1.94 bits per heavy atom. The maximum absolute atomic E-state index is 10.5. The van der Waals surface area contributed by atoms with Crippen LogP contribution in [0.1, 0.15) is 35.7 Å². The molecule has 0 aliphatic carbocycles. The van der Waals surface area contributed by atoms with Crippen molar-refractivity contribution in [3.8, 4) is 0 Å². The van der Waals surface area contributed by atoms with E-state index in [4.69, 9.17) is 5.73 Å². The molecule has 2 atom stereocenters. The Morgan fingerprint density at radius 3 is 2.35 bits per heavy atom. The molecule has 0 bridgehead atoms. The van der Waals surface area contributed by atoms with Crippen molar-refractivity contribution in [3.63, 3.8) is 0 Å². The molecular weight excluding hydrogens is 242 g/mol. The van der Waals surface area contributed by atoms with Crippen LogP contribution in [0.15, 0.2) is 24.3 Å². The molecule has 1 aromatic carbocycles. The van der Waals surface area contributed by atoms with Crippen molar-refractivity contribution in [2.45, 2.75) is 31.6 Å². The molecule has 0 aliphatic heterocycles. The summed E-state index contributed by atoms with van der Waals surface area (Å²) in [6.07, 6.45) is 0.844. The van der Waals surface area contributed by atoms with Crippen LogP contribution < -0.4 is 5.73 Å². The fourth-order valence-corrected chi connectivity index (χ4v) is 1.51. The monoisotopic (exact) mass is 259 g/mol. The molecule has 4 nitrogen and oxygen atoms in total. The first-order valence-corrected chi connectivity index (χ1v) is 5.27. The van der Waals surface area contributed by atoms with Crippen LogP contribution in [0.4, 0.5) is 0 Å². The lowest BCUT2D eigenvalue weighted by Crippen LogP contribution is -2.47. The zero-order valence-corrected chi connectivity index (χ0v) is 10.5. The summed E-state index contributed by atoms with van der Waals surface area (Å²) in [6.45, 7) is 1.90. The Morgan fingerprint density at radius 1 is 1.41 bits per heavy atom. The number of rotatable bonds is 5. The summed E-state index contributed by atoms with van der Waals surface area (Å²) in [5, 5.41) is 19.7. The van der Waals surface area contributed by atoms with Gasteiger partial charge in [-0.1, -0.05) is 37.6 Å². The zero-order chi connectivity index (χ0) is 12.2. The largest absolute Gasteiger partial charge is 0.388 e. The van der Waals surface area contributed by atoms with Crippen molar-refractivity contribution in [3.05, 3.63) is 35.4 Å². The van der Waals surface area contributed by atoms with Crippen molar-refractivity contribution in [1.82, 2.24) is 0 Å². The average molecular weight is 260 g/mol. The summed E-state index contributed by atoms with van der Waals surface area (Å²) in [4.78, 5) is 10.5. The minimum atomic E-state index is -1.77. The van der Waals surface area contributed by atoms with Gasteiger partial charge in [-0.3, -0.25) is 10.5 Å². The number of aldehydes is 1. The fraction of sp³-hybridized carbons (Fsp3) is 0.417. The van der Waals surface area contributed by atoms with E-state index in [1.807, 2.05) is 6.92 Å². The molecule has 4 N–H and O–H groups in total. The maximum Gasteiger partial charge on any atom is 0.165 e. The van der Waals surface area contributed by atoms with E-state index >= 15 is 0 Å². The van der Waals surface area contributed by atoms with Crippen molar-refractivity contribution in [1.29, 1.82) is 0 Å². The number of carbonyl (C=O) groups is 1. The van der Waals surface area contributed by atoms with Gasteiger partial charge in [-0.15, -0.1) is 12.4 Å². The molecule has 0 saturated heterocycles. The Labute approximate surface area is 107 Å². The molecular formula is C12H18ClNO3. The third kappa shape index (κ3) is 3.78. The molecule has 0 heterocycles. The second kappa shape index (κ2) is 6.71. The van der Waals surface area contributed by atoms with E-state index in [0.29, 0.717) is 23.8 Å². The van der Waals surface area contributed by atoms with E-state index in [1.165, 1.54) is 0 Å². The first-order valence-electron chi connectivity index (χ1n) is 5.27. The summed E-state index contributed by atoms with van der Waals surface area (Å²) < 4.78 is 0. The van der Waals surface area contributed by atoms with E-state index in [2.05, 4.69) is 0 Å². The van der Waals surface area contributed by atoms with Crippen molar-refractivity contribution in [2.75, 3.05) is 0 Å². The minimum absolute atomic E-state index is 0. The molecule has 1 rings (SSSR count). The molecule has 0 radical (unpaired) electrons. The average Bonchev–Trinajstić information content (AvgIpc) is 2.29. The number of hydrogen-bond acceptors (Lipinski definition) is 4. The lowest BCUT2D eigenvalue weighted by atomic mass is 9.94. The minimum Gasteiger partial charge on any atom is -0.388 e. The predicted molar refractivity (Wildman–Crippen MR) is 68.1 cm³/mol. The van der Waals surface area contributed by atoms with E-state index in [1.54, 1.807) is 24.3 Å². The molecule has 0 saturated carbocycles. The van der Waals surface area contributed by atoms with Gasteiger partial charge in [0.15, 0.2) is 5.72 Å². The van der Waals surface area contributed by atoms with Crippen molar-refractivity contribution < 1.29 is 15.0 Å². The molecule has 0 fully saturated rings. The number of aliphatic hydroxyl groups excluding tert-OH is 1. The summed E-state index contributed by atoms with van der Waals surface area (Å²) in [7, 11) is 0. The van der Waals surface area contributed by atoms with Gasteiger partial charge in [0.1, 0.15) is 12.4 Å². The smallest absolute Gasteiger partial charge is 0.165 e. The highest BCUT2D eigenvalue weighted by Gasteiger charge is 2.32. The van der Waals surface area contributed by atoms with Gasteiger partial charge in [0.05, 0.1) is 0 Å². The fourth-order valence-electron chi connectivity index (χ4n) is 1.51. The maximum atomic E-state index is 10.5. The van der Waals surface area contributed by atoms with Gasteiger partial charge in [0, 0.05) is 11.1 Å². The van der Waals surface area contributed by atoms with Gasteiger partial charge in [0.25, 0.3) is 0 Å². The Bertz CT molecular complexity index is 351. The number of hydrogen-bond donors (Lipinski definition) is 3. The van der Waals surface area contributed by atoms with Crippen LogP contribution in [0.25, 0.3) is 0 Å². The molecule has 96 valence electrons. The van der Waals surface area contributed by atoms with E-state index in [-0.39, 0.29) is 12.4 Å². The van der Waals surface area contributed by atoms with E-state index in [0.717, 1.165) is 6.42 Å². The van der Waals surface area contributed by atoms with Crippen LogP contribution in [0.2, 0.25) is 0 Å². The van der Waals surface area contributed by atoms with Crippen LogP contribution in [-0.2, 0) is 5.72 Å². The van der Waals surface area contributed by atoms with Gasteiger partial charge in [0.2, 0.25) is 0 Å². The molecule has 5 heteroatoms. The number of aliphatic hydroxyl groups is 2. The second-order valence-electron chi connectivity index (χ2n) is 3.87. The van der Waals surface area contributed by atoms with E-state index < -0.39 is 11.8 Å². The Balaban J connectivity index is 0.00000256. The quantitative estimate of drug-likeness (QED) is 0.548. The first kappa shape index (κ1) is 16.1. The molecule has 0 amide bonds. The van der Waals surface area contributed by atoms with Gasteiger partial charge in [-0.05, 0) is 6.42 Å².